The minimum atomic E-state index is -0.469. The Morgan fingerprint density at radius 3 is 2.72 bits per heavy atom. The molecule has 0 saturated carbocycles. The molecule has 7 nitrogen and oxygen atoms in total. The summed E-state index contributed by atoms with van der Waals surface area (Å²) in [6, 6.07) is 2.92. The molecule has 1 unspecified atom stereocenters. The quantitative estimate of drug-likeness (QED) is 0.394. The number of hydrazine groups is 1. The topological polar surface area (TPSA) is 106 Å². The summed E-state index contributed by atoms with van der Waals surface area (Å²) in [6.07, 6.45) is 2.93. The van der Waals surface area contributed by atoms with Gasteiger partial charge in [-0.25, -0.2) is 10.8 Å². The molecule has 1 aromatic rings. The highest BCUT2D eigenvalue weighted by Crippen LogP contribution is 2.21. The number of rotatable bonds is 7. The lowest BCUT2D eigenvalue weighted by Crippen LogP contribution is -2.22. The van der Waals surface area contributed by atoms with Crippen LogP contribution in [0.5, 0.6) is 0 Å². The van der Waals surface area contributed by atoms with Gasteiger partial charge in [0, 0.05) is 11.8 Å². The van der Waals surface area contributed by atoms with Gasteiger partial charge in [-0.1, -0.05) is 6.92 Å². The SMILES string of the molecule is CCC(CSC)Nc1cc([N+](=O)[O-])cc(NN)n1. The van der Waals surface area contributed by atoms with Crippen molar-refractivity contribution in [3.05, 3.63) is 22.2 Å². The summed E-state index contributed by atoms with van der Waals surface area (Å²) in [5.74, 6) is 6.88. The molecule has 0 saturated heterocycles. The Hall–Kier alpha value is -1.54. The Morgan fingerprint density at radius 1 is 1.56 bits per heavy atom. The first-order chi connectivity index (χ1) is 8.60. The summed E-state index contributed by atoms with van der Waals surface area (Å²) in [4.78, 5) is 14.5. The first-order valence-corrected chi connectivity index (χ1v) is 6.88. The second-order valence-electron chi connectivity index (χ2n) is 3.70. The van der Waals surface area contributed by atoms with Gasteiger partial charge in [-0.05, 0) is 12.7 Å². The average Bonchev–Trinajstić information content (AvgIpc) is 2.37. The predicted octanol–water partition coefficient (Wildman–Crippen LogP) is 1.83. The number of nitrogens with one attached hydrogen (secondary N) is 2. The van der Waals surface area contributed by atoms with Gasteiger partial charge in [0.15, 0.2) is 0 Å². The molecule has 4 N–H and O–H groups in total. The molecule has 0 spiro atoms. The van der Waals surface area contributed by atoms with Crippen LogP contribution in [0.15, 0.2) is 12.1 Å². The van der Waals surface area contributed by atoms with Gasteiger partial charge in [0.25, 0.3) is 5.69 Å². The smallest absolute Gasteiger partial charge is 0.276 e. The molecule has 100 valence electrons. The molecule has 0 radical (unpaired) electrons. The highest BCUT2D eigenvalue weighted by molar-refractivity contribution is 7.98. The van der Waals surface area contributed by atoms with Crippen molar-refractivity contribution < 1.29 is 4.92 Å². The van der Waals surface area contributed by atoms with Crippen LogP contribution in [0.4, 0.5) is 17.3 Å². The van der Waals surface area contributed by atoms with Crippen LogP contribution in [0, 0.1) is 10.1 Å². The molecular weight excluding hydrogens is 254 g/mol. The molecule has 0 aliphatic heterocycles. The van der Waals surface area contributed by atoms with Gasteiger partial charge in [0.2, 0.25) is 0 Å². The van der Waals surface area contributed by atoms with Gasteiger partial charge < -0.3 is 10.7 Å². The van der Waals surface area contributed by atoms with E-state index in [4.69, 9.17) is 5.84 Å². The highest BCUT2D eigenvalue weighted by atomic mass is 32.2. The van der Waals surface area contributed by atoms with Crippen LogP contribution in [-0.2, 0) is 0 Å². The summed E-state index contributed by atoms with van der Waals surface area (Å²) in [7, 11) is 0. The summed E-state index contributed by atoms with van der Waals surface area (Å²) in [5.41, 5.74) is 2.28. The van der Waals surface area contributed by atoms with Crippen LogP contribution in [0.25, 0.3) is 0 Å². The average molecular weight is 271 g/mol. The van der Waals surface area contributed by atoms with Gasteiger partial charge in [-0.2, -0.15) is 11.8 Å². The van der Waals surface area contributed by atoms with Crippen LogP contribution >= 0.6 is 11.8 Å². The molecule has 0 aromatic carbocycles. The largest absolute Gasteiger partial charge is 0.366 e. The lowest BCUT2D eigenvalue weighted by atomic mass is 10.2. The number of nitrogens with two attached hydrogens (primary N) is 1. The number of nitro groups is 1. The van der Waals surface area contributed by atoms with Crippen molar-refractivity contribution in [2.45, 2.75) is 19.4 Å². The molecule has 1 rings (SSSR count). The van der Waals surface area contributed by atoms with E-state index in [0.717, 1.165) is 12.2 Å². The van der Waals surface area contributed by atoms with Crippen molar-refractivity contribution in [3.8, 4) is 0 Å². The van der Waals surface area contributed by atoms with Gasteiger partial charge in [0.1, 0.15) is 11.6 Å². The number of hydrogen-bond acceptors (Lipinski definition) is 7. The van der Waals surface area contributed by atoms with E-state index in [2.05, 4.69) is 15.7 Å². The second kappa shape index (κ2) is 7.02. The third-order valence-corrected chi connectivity index (χ3v) is 3.12. The molecule has 8 heteroatoms. The maximum Gasteiger partial charge on any atom is 0.276 e. The zero-order valence-electron chi connectivity index (χ0n) is 10.3. The molecule has 0 aliphatic rings. The zero-order chi connectivity index (χ0) is 13.5. The third kappa shape index (κ3) is 4.04. The maximum atomic E-state index is 10.8. The number of hydrogen-bond donors (Lipinski definition) is 3. The fraction of sp³-hybridized carbons (Fsp3) is 0.500. The number of thioether (sulfide) groups is 1. The minimum Gasteiger partial charge on any atom is -0.366 e. The molecule has 0 amide bonds. The lowest BCUT2D eigenvalue weighted by molar-refractivity contribution is -0.384. The fourth-order valence-corrected chi connectivity index (χ4v) is 2.16. The Bertz CT molecular complexity index is 415. The number of aromatic nitrogens is 1. The number of nitrogens with zero attached hydrogens (tertiary/aromatic N) is 2. The Morgan fingerprint density at radius 2 is 2.22 bits per heavy atom. The zero-order valence-corrected chi connectivity index (χ0v) is 11.2. The standard InChI is InChI=1S/C10H17N5O2S/c1-3-7(6-18-2)12-9-4-8(15(16)17)5-10(13-9)14-11/h4-5,7H,3,6,11H2,1-2H3,(H2,12,13,14). The van der Waals surface area contributed by atoms with Crippen LogP contribution in [0.1, 0.15) is 13.3 Å². The molecule has 0 fully saturated rings. The van der Waals surface area contributed by atoms with E-state index >= 15 is 0 Å². The number of anilines is 2. The van der Waals surface area contributed by atoms with E-state index in [1.807, 2.05) is 13.2 Å². The van der Waals surface area contributed by atoms with Crippen molar-refractivity contribution >= 4 is 29.1 Å². The van der Waals surface area contributed by atoms with Gasteiger partial charge >= 0.3 is 0 Å². The van der Waals surface area contributed by atoms with E-state index in [0.29, 0.717) is 5.82 Å². The Labute approximate surface area is 110 Å². The summed E-state index contributed by atoms with van der Waals surface area (Å²) in [5, 5.41) is 13.9. The fourth-order valence-electron chi connectivity index (χ4n) is 1.44. The molecule has 1 atom stereocenters. The van der Waals surface area contributed by atoms with Crippen molar-refractivity contribution in [3.63, 3.8) is 0 Å². The Kier molecular flexibility index (Phi) is 5.66. The van der Waals surface area contributed by atoms with E-state index in [1.165, 1.54) is 12.1 Å². The summed E-state index contributed by atoms with van der Waals surface area (Å²) in [6.45, 7) is 2.05. The van der Waals surface area contributed by atoms with Crippen molar-refractivity contribution in [2.75, 3.05) is 22.8 Å². The third-order valence-electron chi connectivity index (χ3n) is 2.38. The van der Waals surface area contributed by atoms with Gasteiger partial charge in [-0.15, -0.1) is 0 Å². The maximum absolute atomic E-state index is 10.8. The normalized spacial score (nSPS) is 11.9. The van der Waals surface area contributed by atoms with Crippen molar-refractivity contribution in [1.29, 1.82) is 0 Å². The molecule has 18 heavy (non-hydrogen) atoms. The summed E-state index contributed by atoms with van der Waals surface area (Å²) < 4.78 is 0. The molecular formula is C10H17N5O2S. The van der Waals surface area contributed by atoms with Crippen LogP contribution < -0.4 is 16.6 Å². The molecule has 0 aliphatic carbocycles. The first kappa shape index (κ1) is 14.5. The predicted molar refractivity (Wildman–Crippen MR) is 74.8 cm³/mol. The van der Waals surface area contributed by atoms with Crippen molar-refractivity contribution in [1.82, 2.24) is 4.98 Å². The summed E-state index contributed by atoms with van der Waals surface area (Å²) >= 11 is 1.71. The van der Waals surface area contributed by atoms with E-state index in [1.54, 1.807) is 11.8 Å². The minimum absolute atomic E-state index is 0.0422. The number of nitrogen functional groups attached to an aromatic ring is 1. The molecule has 1 aromatic heterocycles. The highest BCUT2D eigenvalue weighted by Gasteiger charge is 2.13. The number of pyridine rings is 1. The van der Waals surface area contributed by atoms with Gasteiger partial charge in [-0.3, -0.25) is 10.1 Å². The second-order valence-corrected chi connectivity index (χ2v) is 4.61. The van der Waals surface area contributed by atoms with E-state index < -0.39 is 4.92 Å². The van der Waals surface area contributed by atoms with E-state index in [9.17, 15) is 10.1 Å². The Balaban J connectivity index is 2.93. The van der Waals surface area contributed by atoms with Crippen LogP contribution in [0.2, 0.25) is 0 Å². The van der Waals surface area contributed by atoms with E-state index in [-0.39, 0.29) is 17.5 Å². The van der Waals surface area contributed by atoms with Gasteiger partial charge in [0.05, 0.1) is 17.1 Å². The van der Waals surface area contributed by atoms with Crippen LogP contribution in [0.3, 0.4) is 0 Å². The lowest BCUT2D eigenvalue weighted by Gasteiger charge is -2.16. The molecule has 0 bridgehead atoms. The first-order valence-electron chi connectivity index (χ1n) is 5.49. The van der Waals surface area contributed by atoms with Crippen LogP contribution in [-0.4, -0.2) is 28.0 Å². The monoisotopic (exact) mass is 271 g/mol. The van der Waals surface area contributed by atoms with Crippen molar-refractivity contribution in [2.24, 2.45) is 5.84 Å². The molecule has 1 heterocycles.